The molecule has 0 aliphatic heterocycles. The van der Waals surface area contributed by atoms with Crippen LogP contribution in [0.5, 0.6) is 0 Å². The predicted octanol–water partition coefficient (Wildman–Crippen LogP) is 1.67. The van der Waals surface area contributed by atoms with Crippen LogP contribution >= 0.6 is 0 Å². The van der Waals surface area contributed by atoms with Gasteiger partial charge in [-0.15, -0.1) is 5.47 Å². The predicted molar refractivity (Wildman–Crippen MR) is 52.7 cm³/mol. The fourth-order valence-electron chi connectivity index (χ4n) is 1.02. The SMILES string of the molecule is C/C=C(\C)Bc1ccccc1. The molecule has 1 aromatic carbocycles. The van der Waals surface area contributed by atoms with E-state index in [4.69, 9.17) is 0 Å². The fraction of sp³-hybridized carbons (Fsp3) is 0.200. The van der Waals surface area contributed by atoms with Gasteiger partial charge in [-0.1, -0.05) is 48.8 Å². The van der Waals surface area contributed by atoms with Crippen molar-refractivity contribution in [1.29, 1.82) is 0 Å². The number of rotatable bonds is 2. The van der Waals surface area contributed by atoms with Crippen molar-refractivity contribution in [3.8, 4) is 0 Å². The Morgan fingerprint density at radius 2 is 1.91 bits per heavy atom. The zero-order valence-electron chi connectivity index (χ0n) is 7.17. The normalized spacial score (nSPS) is 11.3. The summed E-state index contributed by atoms with van der Waals surface area (Å²) in [6.07, 6.45) is 2.16. The lowest BCUT2D eigenvalue weighted by atomic mass is 9.64. The number of benzene rings is 1. The van der Waals surface area contributed by atoms with Gasteiger partial charge in [0, 0.05) is 0 Å². The summed E-state index contributed by atoms with van der Waals surface area (Å²) in [5.74, 6) is 0. The Kier molecular flexibility index (Phi) is 2.97. The molecule has 1 aromatic rings. The molecule has 1 rings (SSSR count). The Balaban J connectivity index is 2.65. The van der Waals surface area contributed by atoms with E-state index >= 15 is 0 Å². The molecule has 0 nitrogen and oxygen atoms in total. The summed E-state index contributed by atoms with van der Waals surface area (Å²) < 4.78 is 0. The first-order chi connectivity index (χ1) is 5.33. The minimum Gasteiger partial charge on any atom is -0.107 e. The maximum absolute atomic E-state index is 2.16. The first-order valence-electron chi connectivity index (χ1n) is 3.98. The molecule has 56 valence electrons. The molecule has 0 unspecified atom stereocenters. The van der Waals surface area contributed by atoms with Crippen LogP contribution in [0.2, 0.25) is 0 Å². The Bertz CT molecular complexity index is 236. The third kappa shape index (κ3) is 2.63. The van der Waals surface area contributed by atoms with Crippen molar-refractivity contribution in [1.82, 2.24) is 0 Å². The van der Waals surface area contributed by atoms with Gasteiger partial charge in [0.15, 0.2) is 7.28 Å². The van der Waals surface area contributed by atoms with Gasteiger partial charge in [-0.3, -0.25) is 0 Å². The highest BCUT2D eigenvalue weighted by molar-refractivity contribution is 6.60. The molecule has 0 fully saturated rings. The van der Waals surface area contributed by atoms with Gasteiger partial charge in [0.05, 0.1) is 0 Å². The zero-order chi connectivity index (χ0) is 8.10. The van der Waals surface area contributed by atoms with E-state index in [2.05, 4.69) is 50.3 Å². The average molecular weight is 144 g/mol. The highest BCUT2D eigenvalue weighted by Gasteiger charge is 1.93. The van der Waals surface area contributed by atoms with Crippen molar-refractivity contribution in [2.24, 2.45) is 0 Å². The van der Waals surface area contributed by atoms with E-state index in [-0.39, 0.29) is 0 Å². The van der Waals surface area contributed by atoms with Crippen LogP contribution in [-0.2, 0) is 0 Å². The smallest absolute Gasteiger partial charge is 0.107 e. The summed E-state index contributed by atoms with van der Waals surface area (Å²) >= 11 is 0. The van der Waals surface area contributed by atoms with Gasteiger partial charge >= 0.3 is 0 Å². The minimum atomic E-state index is 1.08. The number of hydrogen-bond donors (Lipinski definition) is 0. The molecule has 0 aliphatic carbocycles. The minimum absolute atomic E-state index is 1.08. The van der Waals surface area contributed by atoms with E-state index in [1.807, 2.05) is 0 Å². The van der Waals surface area contributed by atoms with Crippen molar-refractivity contribution in [3.05, 3.63) is 41.9 Å². The third-order valence-corrected chi connectivity index (χ3v) is 1.82. The summed E-state index contributed by atoms with van der Waals surface area (Å²) in [6.45, 7) is 4.24. The van der Waals surface area contributed by atoms with Crippen LogP contribution < -0.4 is 5.46 Å². The average Bonchev–Trinajstić information content (AvgIpc) is 2.06. The van der Waals surface area contributed by atoms with Crippen LogP contribution in [0.1, 0.15) is 13.8 Å². The molecule has 0 saturated heterocycles. The van der Waals surface area contributed by atoms with Crippen molar-refractivity contribution < 1.29 is 0 Å². The van der Waals surface area contributed by atoms with E-state index in [9.17, 15) is 0 Å². The molecule has 0 N–H and O–H groups in total. The Morgan fingerprint density at radius 3 is 2.45 bits per heavy atom. The van der Waals surface area contributed by atoms with E-state index in [0.717, 1.165) is 7.28 Å². The van der Waals surface area contributed by atoms with Crippen molar-refractivity contribution >= 4 is 12.7 Å². The van der Waals surface area contributed by atoms with Gasteiger partial charge in [-0.05, 0) is 6.92 Å². The quantitative estimate of drug-likeness (QED) is 0.554. The molecule has 0 bridgehead atoms. The topological polar surface area (TPSA) is 0 Å². The maximum Gasteiger partial charge on any atom is 0.186 e. The molecule has 0 aromatic heterocycles. The van der Waals surface area contributed by atoms with Gasteiger partial charge < -0.3 is 0 Å². The number of hydrogen-bond acceptors (Lipinski definition) is 0. The van der Waals surface area contributed by atoms with E-state index in [1.165, 1.54) is 10.9 Å². The molecule has 0 aliphatic rings. The maximum atomic E-state index is 2.16. The van der Waals surface area contributed by atoms with Gasteiger partial charge in [0.2, 0.25) is 0 Å². The second-order valence-corrected chi connectivity index (χ2v) is 2.80. The second kappa shape index (κ2) is 4.02. The van der Waals surface area contributed by atoms with Gasteiger partial charge in [-0.2, -0.15) is 0 Å². The van der Waals surface area contributed by atoms with E-state index in [1.54, 1.807) is 0 Å². The van der Waals surface area contributed by atoms with E-state index < -0.39 is 0 Å². The van der Waals surface area contributed by atoms with Crippen LogP contribution in [0.15, 0.2) is 41.9 Å². The molecule has 0 spiro atoms. The van der Waals surface area contributed by atoms with Crippen LogP contribution in [-0.4, -0.2) is 7.28 Å². The monoisotopic (exact) mass is 144 g/mol. The summed E-state index contributed by atoms with van der Waals surface area (Å²) in [7, 11) is 1.08. The molecule has 0 amide bonds. The van der Waals surface area contributed by atoms with Crippen LogP contribution in [0.4, 0.5) is 0 Å². The van der Waals surface area contributed by atoms with Crippen molar-refractivity contribution in [2.45, 2.75) is 13.8 Å². The summed E-state index contributed by atoms with van der Waals surface area (Å²) in [5, 5.41) is 0. The highest BCUT2D eigenvalue weighted by atomic mass is 13.8. The molecule has 0 saturated carbocycles. The van der Waals surface area contributed by atoms with Crippen LogP contribution in [0.25, 0.3) is 0 Å². The summed E-state index contributed by atoms with van der Waals surface area (Å²) in [6, 6.07) is 10.5. The number of allylic oxidation sites excluding steroid dienone is 2. The first-order valence-corrected chi connectivity index (χ1v) is 3.98. The van der Waals surface area contributed by atoms with E-state index in [0.29, 0.717) is 0 Å². The molecule has 11 heavy (non-hydrogen) atoms. The zero-order valence-corrected chi connectivity index (χ0v) is 7.17. The molecule has 0 heterocycles. The van der Waals surface area contributed by atoms with Crippen LogP contribution in [0.3, 0.4) is 0 Å². The fourth-order valence-corrected chi connectivity index (χ4v) is 1.02. The van der Waals surface area contributed by atoms with Crippen LogP contribution in [0, 0.1) is 0 Å². The molecule has 1 heteroatoms. The summed E-state index contributed by atoms with van der Waals surface area (Å²) in [5.41, 5.74) is 2.82. The molecular formula is C10H13B. The van der Waals surface area contributed by atoms with Crippen molar-refractivity contribution in [2.75, 3.05) is 0 Å². The molecular weight excluding hydrogens is 131 g/mol. The second-order valence-electron chi connectivity index (χ2n) is 2.80. The summed E-state index contributed by atoms with van der Waals surface area (Å²) in [4.78, 5) is 0. The Morgan fingerprint density at radius 1 is 1.27 bits per heavy atom. The standard InChI is InChI=1S/C10H13B/c1-3-9(2)11-10-7-5-4-6-8-10/h3-8,11H,1-2H3/b9-3+. The highest BCUT2D eigenvalue weighted by Crippen LogP contribution is 1.89. The molecule has 0 radical (unpaired) electrons. The Labute approximate surface area is 69.2 Å². The lowest BCUT2D eigenvalue weighted by Gasteiger charge is -1.97. The largest absolute Gasteiger partial charge is 0.186 e. The Hall–Kier alpha value is -0.975. The van der Waals surface area contributed by atoms with Gasteiger partial charge in [-0.25, -0.2) is 0 Å². The molecule has 0 atom stereocenters. The lowest BCUT2D eigenvalue weighted by Crippen LogP contribution is -2.13. The van der Waals surface area contributed by atoms with Gasteiger partial charge in [0.25, 0.3) is 0 Å². The van der Waals surface area contributed by atoms with Gasteiger partial charge in [0.1, 0.15) is 0 Å². The first kappa shape index (κ1) is 8.12. The third-order valence-electron chi connectivity index (χ3n) is 1.82. The van der Waals surface area contributed by atoms with Crippen molar-refractivity contribution in [3.63, 3.8) is 0 Å². The lowest BCUT2D eigenvalue weighted by molar-refractivity contribution is 1.57.